The summed E-state index contributed by atoms with van der Waals surface area (Å²) < 4.78 is 79.0. The maximum atomic E-state index is 13.6. The first-order chi connectivity index (χ1) is 11.5. The number of hydrogen-bond acceptors (Lipinski definition) is 3. The minimum absolute atomic E-state index is 0.108. The highest BCUT2D eigenvalue weighted by Crippen LogP contribution is 2.37. The van der Waals surface area contributed by atoms with Gasteiger partial charge in [-0.15, -0.1) is 0 Å². The normalized spacial score (nSPS) is 11.7. The molecular weight excluding hydrogens is 440 g/mol. The molecule has 6 nitrogen and oxygen atoms in total. The first-order valence-electron chi connectivity index (χ1n) is 6.13. The van der Waals surface area contributed by atoms with Crippen LogP contribution in [0.2, 0.25) is 0 Å². The summed E-state index contributed by atoms with van der Waals surface area (Å²) in [6.07, 6.45) is 0. The Morgan fingerprint density at radius 3 is 1.72 bits per heavy atom. The summed E-state index contributed by atoms with van der Waals surface area (Å²) in [5.74, 6) is -13.5. The van der Waals surface area contributed by atoms with Crippen LogP contribution in [0.5, 0.6) is 11.5 Å². The van der Waals surface area contributed by atoms with Gasteiger partial charge in [0.1, 0.15) is 5.00 Å². The molecule has 0 radical (unpaired) electrons. The molecule has 4 N–H and O–H groups in total. The zero-order chi connectivity index (χ0) is 18.9. The highest BCUT2D eigenvalue weighted by molar-refractivity contribution is 9.10. The lowest BCUT2D eigenvalue weighted by atomic mass is 10.3. The fraction of sp³-hybridized carbons (Fsp3) is 0. The zero-order valence-electron chi connectivity index (χ0n) is 11.9. The molecule has 0 amide bonds. The maximum Gasteiger partial charge on any atom is 0.347 e. The lowest BCUT2D eigenvalue weighted by Crippen LogP contribution is -2.35. The Labute approximate surface area is 145 Å². The van der Waals surface area contributed by atoms with E-state index in [0.717, 1.165) is 0 Å². The minimum atomic E-state index is -4.50. The van der Waals surface area contributed by atoms with E-state index < -0.39 is 42.4 Å². The van der Waals surface area contributed by atoms with Crippen molar-refractivity contribution < 1.29 is 36.2 Å². The monoisotopic (exact) mass is 447 g/mol. The zero-order valence-corrected chi connectivity index (χ0v) is 14.3. The van der Waals surface area contributed by atoms with E-state index in [1.54, 1.807) is 0 Å². The van der Waals surface area contributed by atoms with E-state index in [-0.39, 0.29) is 10.7 Å². The standard InChI is InChI=1S/C12H8BrF5N3O3P/c13-5-1-3-6(4-2-5)23-21(25(19,20)22)24-12-10(17)8(15)7(14)9(16)11(12)18/h1-4H,(H4,19,20,22). The van der Waals surface area contributed by atoms with Gasteiger partial charge in [0.2, 0.25) is 34.8 Å². The van der Waals surface area contributed by atoms with E-state index in [1.165, 1.54) is 24.3 Å². The molecule has 0 aliphatic rings. The number of hydrogen-bond donors (Lipinski definition) is 2. The molecule has 0 saturated carbocycles. The van der Waals surface area contributed by atoms with Crippen molar-refractivity contribution in [1.29, 1.82) is 0 Å². The minimum Gasteiger partial charge on any atom is -0.363 e. The van der Waals surface area contributed by atoms with E-state index in [1.807, 2.05) is 0 Å². The summed E-state index contributed by atoms with van der Waals surface area (Å²) in [6.45, 7) is 0. The van der Waals surface area contributed by atoms with Crippen LogP contribution in [0.15, 0.2) is 28.7 Å². The molecule has 0 aliphatic carbocycles. The third-order valence-electron chi connectivity index (χ3n) is 2.59. The Hall–Kier alpha value is -1.72. The topological polar surface area (TPSA) is 90.8 Å². The third-order valence-corrected chi connectivity index (χ3v) is 3.79. The largest absolute Gasteiger partial charge is 0.363 e. The second kappa shape index (κ2) is 7.26. The summed E-state index contributed by atoms with van der Waals surface area (Å²) in [5.41, 5.74) is 10.2. The van der Waals surface area contributed by atoms with E-state index in [0.29, 0.717) is 4.47 Å². The lowest BCUT2D eigenvalue weighted by Gasteiger charge is -2.24. The van der Waals surface area contributed by atoms with E-state index in [4.69, 9.17) is 15.8 Å². The van der Waals surface area contributed by atoms with Gasteiger partial charge in [-0.1, -0.05) is 15.9 Å². The molecule has 0 fully saturated rings. The molecule has 2 rings (SSSR count). The van der Waals surface area contributed by atoms with Crippen molar-refractivity contribution in [3.05, 3.63) is 57.8 Å². The smallest absolute Gasteiger partial charge is 0.347 e. The Bertz CT molecular complexity index is 820. The number of halogens is 6. The number of nitrogens with zero attached hydrogens (tertiary/aromatic N) is 1. The average Bonchev–Trinajstić information content (AvgIpc) is 2.55. The van der Waals surface area contributed by atoms with Crippen LogP contribution < -0.4 is 20.7 Å². The second-order valence-electron chi connectivity index (χ2n) is 4.45. The summed E-state index contributed by atoms with van der Waals surface area (Å²) in [5, 5.41) is 0. The van der Waals surface area contributed by atoms with E-state index in [9.17, 15) is 26.5 Å². The highest BCUT2D eigenvalue weighted by Gasteiger charge is 2.34. The summed E-state index contributed by atoms with van der Waals surface area (Å²) in [7, 11) is -4.50. The van der Waals surface area contributed by atoms with Crippen LogP contribution in [0.1, 0.15) is 0 Å². The van der Waals surface area contributed by atoms with Gasteiger partial charge in [-0.3, -0.25) is 15.6 Å². The molecule has 0 aromatic heterocycles. The molecule has 2 aromatic carbocycles. The Kier molecular flexibility index (Phi) is 5.69. The van der Waals surface area contributed by atoms with Crippen LogP contribution in [0.4, 0.5) is 22.0 Å². The summed E-state index contributed by atoms with van der Waals surface area (Å²) in [4.78, 5) is 9.00. The van der Waals surface area contributed by atoms with Gasteiger partial charge < -0.3 is 9.68 Å². The van der Waals surface area contributed by atoms with Crippen molar-refractivity contribution >= 4 is 23.5 Å². The quantitative estimate of drug-likeness (QED) is 0.238. The predicted molar refractivity (Wildman–Crippen MR) is 79.5 cm³/mol. The van der Waals surface area contributed by atoms with Gasteiger partial charge in [-0.2, -0.15) is 8.78 Å². The third kappa shape index (κ3) is 4.28. The summed E-state index contributed by atoms with van der Waals surface area (Å²) in [6, 6.07) is 5.50. The van der Waals surface area contributed by atoms with Crippen LogP contribution in [-0.4, -0.2) is 5.00 Å². The van der Waals surface area contributed by atoms with E-state index >= 15 is 0 Å². The number of rotatable bonds is 5. The fourth-order valence-corrected chi connectivity index (χ4v) is 2.17. The van der Waals surface area contributed by atoms with Gasteiger partial charge in [-0.25, -0.2) is 13.2 Å². The van der Waals surface area contributed by atoms with Crippen molar-refractivity contribution in [1.82, 2.24) is 5.00 Å². The second-order valence-corrected chi connectivity index (χ2v) is 7.03. The molecule has 2 aromatic rings. The highest BCUT2D eigenvalue weighted by atomic mass is 79.9. The fourth-order valence-electron chi connectivity index (χ4n) is 1.47. The van der Waals surface area contributed by atoms with Gasteiger partial charge in [-0.05, 0) is 24.3 Å². The Balaban J connectivity index is 2.42. The van der Waals surface area contributed by atoms with Gasteiger partial charge in [0.05, 0.1) is 0 Å². The predicted octanol–water partition coefficient (Wildman–Crippen LogP) is 3.76. The molecule has 0 saturated heterocycles. The van der Waals surface area contributed by atoms with Crippen molar-refractivity contribution in [2.75, 3.05) is 0 Å². The van der Waals surface area contributed by atoms with Gasteiger partial charge in [0.25, 0.3) is 0 Å². The molecule has 0 bridgehead atoms. The molecule has 13 heteroatoms. The van der Waals surface area contributed by atoms with Crippen LogP contribution in [-0.2, 0) is 4.57 Å². The average molecular weight is 448 g/mol. The Morgan fingerprint density at radius 1 is 0.840 bits per heavy atom. The lowest BCUT2D eigenvalue weighted by molar-refractivity contribution is -0.182. The van der Waals surface area contributed by atoms with Gasteiger partial charge in [0.15, 0.2) is 5.75 Å². The first kappa shape index (κ1) is 19.6. The molecule has 0 heterocycles. The maximum absolute atomic E-state index is 13.6. The molecule has 136 valence electrons. The van der Waals surface area contributed by atoms with Crippen molar-refractivity contribution in [2.45, 2.75) is 0 Å². The molecule has 0 atom stereocenters. The van der Waals surface area contributed by atoms with Crippen LogP contribution in [0.25, 0.3) is 0 Å². The molecule has 25 heavy (non-hydrogen) atoms. The van der Waals surface area contributed by atoms with Gasteiger partial charge in [0, 0.05) is 4.47 Å². The Morgan fingerprint density at radius 2 is 1.28 bits per heavy atom. The molecule has 0 aliphatic heterocycles. The van der Waals surface area contributed by atoms with E-state index in [2.05, 4.69) is 20.8 Å². The van der Waals surface area contributed by atoms with Crippen molar-refractivity contribution in [3.63, 3.8) is 0 Å². The first-order valence-corrected chi connectivity index (χ1v) is 8.72. The van der Waals surface area contributed by atoms with Crippen molar-refractivity contribution in [2.24, 2.45) is 11.0 Å². The van der Waals surface area contributed by atoms with Crippen LogP contribution in [0, 0.1) is 29.1 Å². The number of benzene rings is 2. The molecule has 0 spiro atoms. The van der Waals surface area contributed by atoms with Crippen LogP contribution >= 0.6 is 23.5 Å². The molecule has 0 unspecified atom stereocenters. The summed E-state index contributed by atoms with van der Waals surface area (Å²) >= 11 is 3.12. The van der Waals surface area contributed by atoms with Crippen molar-refractivity contribution in [3.8, 4) is 11.5 Å². The SMILES string of the molecule is NP(N)(=O)N(Oc1ccc(Br)cc1)Oc1c(F)c(F)c(F)c(F)c1F. The van der Waals surface area contributed by atoms with Crippen LogP contribution in [0.3, 0.4) is 0 Å². The number of nitrogens with two attached hydrogens (primary N) is 2. The van der Waals surface area contributed by atoms with Gasteiger partial charge >= 0.3 is 7.59 Å². The molecular formula is C12H8BrF5N3O3P.